The van der Waals surface area contributed by atoms with E-state index in [-0.39, 0.29) is 11.9 Å². The highest BCUT2D eigenvalue weighted by atomic mass is 35.5. The molecule has 1 aliphatic heterocycles. The highest BCUT2D eigenvalue weighted by molar-refractivity contribution is 6.30. The number of benzene rings is 2. The van der Waals surface area contributed by atoms with Crippen molar-refractivity contribution in [1.82, 2.24) is 5.32 Å². The molecule has 0 spiro atoms. The predicted molar refractivity (Wildman–Crippen MR) is 89.6 cm³/mol. The Bertz CT molecular complexity index is 756. The van der Waals surface area contributed by atoms with Crippen molar-refractivity contribution in [3.8, 4) is 5.75 Å². The minimum atomic E-state index is -1.08. The molecule has 2 aromatic rings. The topological polar surface area (TPSA) is 76.7 Å². The summed E-state index contributed by atoms with van der Waals surface area (Å²) >= 11 is 5.95. The lowest BCUT2D eigenvalue weighted by molar-refractivity contribution is -0.124. The number of hydrogen-bond acceptors (Lipinski definition) is 4. The average molecular weight is 330 g/mol. The van der Waals surface area contributed by atoms with Crippen LogP contribution < -0.4 is 15.8 Å². The number of aliphatic imine (C=N–C) groups is 1. The molecule has 0 bridgehead atoms. The van der Waals surface area contributed by atoms with Crippen LogP contribution in [0.4, 0.5) is 0 Å². The van der Waals surface area contributed by atoms with Crippen LogP contribution in [0.15, 0.2) is 53.5 Å². The van der Waals surface area contributed by atoms with Crippen LogP contribution in [-0.2, 0) is 16.8 Å². The van der Waals surface area contributed by atoms with E-state index in [1.54, 1.807) is 31.4 Å². The van der Waals surface area contributed by atoms with E-state index >= 15 is 0 Å². The standard InChI is InChI=1S/C17H16ClN3O2/c1-23-14-8-2-11(3-9-14)10-17(15(22)20-16(19)21-17)12-4-6-13(18)7-5-12/h2-9H,10H2,1H3,(H3,19,20,21,22)/t17-/m0/s1. The largest absolute Gasteiger partial charge is 0.497 e. The third kappa shape index (κ3) is 2.87. The first-order valence-corrected chi connectivity index (χ1v) is 7.47. The van der Waals surface area contributed by atoms with E-state index in [4.69, 9.17) is 22.1 Å². The second-order valence-electron chi connectivity index (χ2n) is 5.34. The molecular weight excluding hydrogens is 314 g/mol. The number of amides is 1. The Morgan fingerprint density at radius 2 is 1.83 bits per heavy atom. The molecule has 23 heavy (non-hydrogen) atoms. The summed E-state index contributed by atoms with van der Waals surface area (Å²) in [6, 6.07) is 14.6. The zero-order valence-corrected chi connectivity index (χ0v) is 13.3. The number of carbonyl (C=O) groups excluding carboxylic acids is 1. The number of nitrogens with one attached hydrogen (secondary N) is 1. The summed E-state index contributed by atoms with van der Waals surface area (Å²) in [6.07, 6.45) is 0.394. The van der Waals surface area contributed by atoms with Crippen molar-refractivity contribution in [2.75, 3.05) is 7.11 Å². The predicted octanol–water partition coefficient (Wildman–Crippen LogP) is 2.23. The van der Waals surface area contributed by atoms with Crippen molar-refractivity contribution in [3.63, 3.8) is 0 Å². The molecule has 0 saturated carbocycles. The monoisotopic (exact) mass is 329 g/mol. The third-order valence-corrected chi connectivity index (χ3v) is 4.12. The van der Waals surface area contributed by atoms with Crippen molar-refractivity contribution in [3.05, 3.63) is 64.7 Å². The summed E-state index contributed by atoms with van der Waals surface area (Å²) in [5, 5.41) is 3.20. The first kappa shape index (κ1) is 15.4. The summed E-state index contributed by atoms with van der Waals surface area (Å²) in [6.45, 7) is 0. The Labute approximate surface area is 139 Å². The van der Waals surface area contributed by atoms with Gasteiger partial charge >= 0.3 is 0 Å². The van der Waals surface area contributed by atoms with Gasteiger partial charge in [0.05, 0.1) is 7.11 Å². The van der Waals surface area contributed by atoms with Gasteiger partial charge in [-0.05, 0) is 35.4 Å². The Morgan fingerprint density at radius 3 is 2.35 bits per heavy atom. The minimum Gasteiger partial charge on any atom is -0.497 e. The van der Waals surface area contributed by atoms with Crippen molar-refractivity contribution in [1.29, 1.82) is 0 Å². The first-order chi connectivity index (χ1) is 11.0. The van der Waals surface area contributed by atoms with Crippen LogP contribution in [0.25, 0.3) is 0 Å². The van der Waals surface area contributed by atoms with E-state index in [0.29, 0.717) is 11.4 Å². The van der Waals surface area contributed by atoms with E-state index in [2.05, 4.69) is 10.3 Å². The van der Waals surface area contributed by atoms with Gasteiger partial charge in [0.1, 0.15) is 5.75 Å². The Balaban J connectivity index is 2.02. The van der Waals surface area contributed by atoms with Crippen molar-refractivity contribution >= 4 is 23.5 Å². The van der Waals surface area contributed by atoms with Crippen LogP contribution in [0.2, 0.25) is 5.02 Å². The number of nitrogens with two attached hydrogens (primary N) is 1. The SMILES string of the molecule is COc1ccc(C[C@@]2(c3ccc(Cl)cc3)N=C(N)NC2=O)cc1. The summed E-state index contributed by atoms with van der Waals surface area (Å²) in [7, 11) is 1.61. The molecule has 6 heteroatoms. The maximum absolute atomic E-state index is 12.6. The molecule has 118 valence electrons. The molecule has 0 unspecified atom stereocenters. The van der Waals surface area contributed by atoms with E-state index in [0.717, 1.165) is 16.9 Å². The van der Waals surface area contributed by atoms with E-state index in [1.165, 1.54) is 0 Å². The fourth-order valence-corrected chi connectivity index (χ4v) is 2.81. The summed E-state index contributed by atoms with van der Waals surface area (Å²) in [5.74, 6) is 0.639. The zero-order chi connectivity index (χ0) is 16.4. The van der Waals surface area contributed by atoms with Gasteiger partial charge in [0.25, 0.3) is 5.91 Å². The number of rotatable bonds is 4. The van der Waals surface area contributed by atoms with Gasteiger partial charge in [-0.1, -0.05) is 35.9 Å². The van der Waals surface area contributed by atoms with Gasteiger partial charge in [-0.25, -0.2) is 4.99 Å². The first-order valence-electron chi connectivity index (χ1n) is 7.09. The van der Waals surface area contributed by atoms with Gasteiger partial charge in [-0.2, -0.15) is 0 Å². The Kier molecular flexibility index (Phi) is 3.96. The number of hydrogen-bond donors (Lipinski definition) is 2. The van der Waals surface area contributed by atoms with Gasteiger partial charge in [0.15, 0.2) is 11.5 Å². The zero-order valence-electron chi connectivity index (χ0n) is 12.5. The van der Waals surface area contributed by atoms with Crippen LogP contribution >= 0.6 is 11.6 Å². The average Bonchev–Trinajstić information content (AvgIpc) is 2.83. The number of methoxy groups -OCH3 is 1. The molecular formula is C17H16ClN3O2. The second kappa shape index (κ2) is 5.93. The normalized spacial score (nSPS) is 20.1. The Hall–Kier alpha value is -2.53. The Morgan fingerprint density at radius 1 is 1.17 bits per heavy atom. The number of nitrogens with zero attached hydrogens (tertiary/aromatic N) is 1. The molecule has 1 atom stereocenters. The molecule has 0 saturated heterocycles. The number of carbonyl (C=O) groups is 1. The van der Waals surface area contributed by atoms with Crippen molar-refractivity contribution < 1.29 is 9.53 Å². The maximum atomic E-state index is 12.6. The number of halogens is 1. The van der Waals surface area contributed by atoms with Gasteiger partial charge in [-0.3, -0.25) is 10.1 Å². The number of guanidine groups is 1. The van der Waals surface area contributed by atoms with Crippen molar-refractivity contribution in [2.45, 2.75) is 12.0 Å². The molecule has 0 aromatic heterocycles. The molecule has 1 heterocycles. The quantitative estimate of drug-likeness (QED) is 0.903. The molecule has 1 aliphatic rings. The molecule has 5 nitrogen and oxygen atoms in total. The molecule has 2 aromatic carbocycles. The number of ether oxygens (including phenoxy) is 1. The van der Waals surface area contributed by atoms with Gasteiger partial charge in [0.2, 0.25) is 0 Å². The fraction of sp³-hybridized carbons (Fsp3) is 0.176. The van der Waals surface area contributed by atoms with Crippen LogP contribution in [-0.4, -0.2) is 19.0 Å². The molecule has 3 rings (SSSR count). The smallest absolute Gasteiger partial charge is 0.259 e. The summed E-state index contributed by atoms with van der Waals surface area (Å²) in [4.78, 5) is 17.0. The van der Waals surface area contributed by atoms with Crippen LogP contribution in [0.5, 0.6) is 5.75 Å². The highest BCUT2D eigenvalue weighted by Gasteiger charge is 2.44. The van der Waals surface area contributed by atoms with Gasteiger partial charge < -0.3 is 10.5 Å². The van der Waals surface area contributed by atoms with Gasteiger partial charge in [-0.15, -0.1) is 0 Å². The van der Waals surface area contributed by atoms with E-state index in [1.807, 2.05) is 24.3 Å². The molecule has 3 N–H and O–H groups in total. The van der Waals surface area contributed by atoms with Crippen molar-refractivity contribution in [2.24, 2.45) is 10.7 Å². The lowest BCUT2D eigenvalue weighted by Crippen LogP contribution is -2.40. The van der Waals surface area contributed by atoms with Gasteiger partial charge in [0, 0.05) is 11.4 Å². The maximum Gasteiger partial charge on any atom is 0.259 e. The molecule has 0 fully saturated rings. The second-order valence-corrected chi connectivity index (χ2v) is 5.78. The molecule has 0 radical (unpaired) electrons. The minimum absolute atomic E-state index is 0.124. The highest BCUT2D eigenvalue weighted by Crippen LogP contribution is 2.34. The van der Waals surface area contributed by atoms with Crippen LogP contribution in [0.1, 0.15) is 11.1 Å². The van der Waals surface area contributed by atoms with E-state index < -0.39 is 5.54 Å². The molecule has 1 amide bonds. The summed E-state index contributed by atoms with van der Waals surface area (Å²) in [5.41, 5.74) is 6.36. The lowest BCUT2D eigenvalue weighted by atomic mass is 9.84. The third-order valence-electron chi connectivity index (χ3n) is 3.87. The lowest BCUT2D eigenvalue weighted by Gasteiger charge is -2.24. The fourth-order valence-electron chi connectivity index (χ4n) is 2.69. The molecule has 0 aliphatic carbocycles. The van der Waals surface area contributed by atoms with E-state index in [9.17, 15) is 4.79 Å². The van der Waals surface area contributed by atoms with Crippen LogP contribution in [0.3, 0.4) is 0 Å². The van der Waals surface area contributed by atoms with Crippen LogP contribution in [0, 0.1) is 0 Å². The summed E-state index contributed by atoms with van der Waals surface area (Å²) < 4.78 is 5.16.